The van der Waals surface area contributed by atoms with Crippen molar-refractivity contribution in [3.05, 3.63) is 70.1 Å². The van der Waals surface area contributed by atoms with E-state index < -0.39 is 0 Å². The SMILES string of the molecule is Oc1cccc2ccc(C=Cc3ccc(F)c(Br)c3)nc12. The molecule has 1 N–H and O–H groups in total. The van der Waals surface area contributed by atoms with Crippen molar-refractivity contribution in [2.45, 2.75) is 0 Å². The summed E-state index contributed by atoms with van der Waals surface area (Å²) in [6, 6.07) is 13.9. The Hall–Kier alpha value is -2.20. The highest BCUT2D eigenvalue weighted by atomic mass is 79.9. The van der Waals surface area contributed by atoms with Crippen LogP contribution in [0, 0.1) is 5.82 Å². The predicted octanol–water partition coefficient (Wildman–Crippen LogP) is 5.01. The number of hydrogen-bond donors (Lipinski definition) is 1. The molecule has 4 heteroatoms. The standard InChI is InChI=1S/C17H11BrFNO/c18-14-10-11(5-9-15(14)19)4-7-13-8-6-12-2-1-3-16(21)17(12)20-13/h1-10,21H. The van der Waals surface area contributed by atoms with Crippen molar-refractivity contribution in [3.8, 4) is 5.75 Å². The zero-order valence-corrected chi connectivity index (χ0v) is 12.5. The average molecular weight is 344 g/mol. The van der Waals surface area contributed by atoms with E-state index in [4.69, 9.17) is 0 Å². The average Bonchev–Trinajstić information content (AvgIpc) is 2.49. The number of phenolic OH excluding ortho intramolecular Hbond substituents is 1. The van der Waals surface area contributed by atoms with Gasteiger partial charge in [-0.2, -0.15) is 0 Å². The van der Waals surface area contributed by atoms with Gasteiger partial charge in [0.2, 0.25) is 0 Å². The van der Waals surface area contributed by atoms with Crippen molar-refractivity contribution in [2.75, 3.05) is 0 Å². The molecule has 3 aromatic rings. The number of rotatable bonds is 2. The molecule has 0 saturated heterocycles. The van der Waals surface area contributed by atoms with Gasteiger partial charge in [-0.15, -0.1) is 0 Å². The Morgan fingerprint density at radius 3 is 2.71 bits per heavy atom. The van der Waals surface area contributed by atoms with Crippen molar-refractivity contribution in [1.82, 2.24) is 4.98 Å². The van der Waals surface area contributed by atoms with E-state index in [0.29, 0.717) is 9.99 Å². The Balaban J connectivity index is 1.95. The van der Waals surface area contributed by atoms with E-state index >= 15 is 0 Å². The maximum atomic E-state index is 13.2. The van der Waals surface area contributed by atoms with Gasteiger partial charge in [0.15, 0.2) is 0 Å². The molecule has 0 bridgehead atoms. The number of aromatic nitrogens is 1. The lowest BCUT2D eigenvalue weighted by Crippen LogP contribution is -1.84. The Morgan fingerprint density at radius 1 is 1.05 bits per heavy atom. The number of fused-ring (bicyclic) bond motifs is 1. The Labute approximate surface area is 129 Å². The van der Waals surface area contributed by atoms with E-state index in [1.807, 2.05) is 30.4 Å². The van der Waals surface area contributed by atoms with Crippen molar-refractivity contribution >= 4 is 39.0 Å². The fourth-order valence-electron chi connectivity index (χ4n) is 2.04. The van der Waals surface area contributed by atoms with Crippen molar-refractivity contribution in [2.24, 2.45) is 0 Å². The van der Waals surface area contributed by atoms with Crippen LogP contribution in [-0.4, -0.2) is 10.1 Å². The smallest absolute Gasteiger partial charge is 0.141 e. The molecule has 0 spiro atoms. The van der Waals surface area contributed by atoms with Crippen LogP contribution in [0.2, 0.25) is 0 Å². The molecule has 2 nitrogen and oxygen atoms in total. The second-order valence-corrected chi connectivity index (χ2v) is 5.45. The van der Waals surface area contributed by atoms with Gasteiger partial charge in [0.05, 0.1) is 10.2 Å². The van der Waals surface area contributed by atoms with Crippen LogP contribution in [0.15, 0.2) is 53.0 Å². The molecule has 0 aliphatic carbocycles. The summed E-state index contributed by atoms with van der Waals surface area (Å²) in [4.78, 5) is 4.41. The number of nitrogens with zero attached hydrogens (tertiary/aromatic N) is 1. The largest absolute Gasteiger partial charge is 0.506 e. The van der Waals surface area contributed by atoms with E-state index in [1.54, 1.807) is 24.3 Å². The van der Waals surface area contributed by atoms with Crippen LogP contribution >= 0.6 is 15.9 Å². The summed E-state index contributed by atoms with van der Waals surface area (Å²) in [5, 5.41) is 10.7. The molecule has 0 radical (unpaired) electrons. The van der Waals surface area contributed by atoms with E-state index in [2.05, 4.69) is 20.9 Å². The summed E-state index contributed by atoms with van der Waals surface area (Å²) in [5.41, 5.74) is 2.16. The first kappa shape index (κ1) is 13.8. The summed E-state index contributed by atoms with van der Waals surface area (Å²) in [7, 11) is 0. The number of hydrogen-bond acceptors (Lipinski definition) is 2. The van der Waals surface area contributed by atoms with Gasteiger partial charge < -0.3 is 5.11 Å². The molecule has 1 aromatic heterocycles. The van der Waals surface area contributed by atoms with E-state index in [0.717, 1.165) is 16.6 Å². The first-order chi connectivity index (χ1) is 10.1. The molecule has 0 amide bonds. The third-order valence-electron chi connectivity index (χ3n) is 3.11. The minimum Gasteiger partial charge on any atom is -0.506 e. The highest BCUT2D eigenvalue weighted by Gasteiger charge is 2.01. The van der Waals surface area contributed by atoms with Gasteiger partial charge in [0, 0.05) is 5.39 Å². The maximum Gasteiger partial charge on any atom is 0.141 e. The topological polar surface area (TPSA) is 33.1 Å². The van der Waals surface area contributed by atoms with E-state index in [-0.39, 0.29) is 11.6 Å². The zero-order valence-electron chi connectivity index (χ0n) is 10.9. The fraction of sp³-hybridized carbons (Fsp3) is 0. The van der Waals surface area contributed by atoms with Crippen LogP contribution in [0.25, 0.3) is 23.1 Å². The molecule has 0 fully saturated rings. The summed E-state index contributed by atoms with van der Waals surface area (Å²) in [6.07, 6.45) is 3.67. The molecule has 104 valence electrons. The molecule has 0 saturated carbocycles. The normalized spacial score (nSPS) is 11.3. The number of pyridine rings is 1. The third kappa shape index (κ3) is 2.95. The zero-order chi connectivity index (χ0) is 14.8. The van der Waals surface area contributed by atoms with Crippen LogP contribution in [0.4, 0.5) is 4.39 Å². The number of halogens is 2. The van der Waals surface area contributed by atoms with Gasteiger partial charge in [-0.3, -0.25) is 0 Å². The summed E-state index contributed by atoms with van der Waals surface area (Å²) in [6.45, 7) is 0. The molecule has 3 rings (SSSR count). The monoisotopic (exact) mass is 343 g/mol. The summed E-state index contributed by atoms with van der Waals surface area (Å²) >= 11 is 3.16. The fourth-order valence-corrected chi connectivity index (χ4v) is 2.43. The van der Waals surface area contributed by atoms with Gasteiger partial charge in [-0.25, -0.2) is 9.37 Å². The van der Waals surface area contributed by atoms with E-state index in [9.17, 15) is 9.50 Å². The number of phenols is 1. The highest BCUT2D eigenvalue weighted by Crippen LogP contribution is 2.23. The molecule has 0 atom stereocenters. The molecule has 2 aromatic carbocycles. The third-order valence-corrected chi connectivity index (χ3v) is 3.72. The molecular formula is C17H11BrFNO. The molecule has 1 heterocycles. The molecule has 0 unspecified atom stereocenters. The number of aromatic hydroxyl groups is 1. The number of benzene rings is 2. The highest BCUT2D eigenvalue weighted by molar-refractivity contribution is 9.10. The summed E-state index contributed by atoms with van der Waals surface area (Å²) in [5.74, 6) is -0.131. The second kappa shape index (κ2) is 5.66. The lowest BCUT2D eigenvalue weighted by molar-refractivity contribution is 0.480. The van der Waals surface area contributed by atoms with Gasteiger partial charge in [-0.05, 0) is 51.8 Å². The molecular weight excluding hydrogens is 333 g/mol. The Kier molecular flexibility index (Phi) is 3.71. The minimum atomic E-state index is -0.291. The van der Waals surface area contributed by atoms with Crippen molar-refractivity contribution in [3.63, 3.8) is 0 Å². The van der Waals surface area contributed by atoms with Crippen LogP contribution in [0.3, 0.4) is 0 Å². The second-order valence-electron chi connectivity index (χ2n) is 4.59. The van der Waals surface area contributed by atoms with Crippen molar-refractivity contribution < 1.29 is 9.50 Å². The summed E-state index contributed by atoms with van der Waals surface area (Å²) < 4.78 is 13.6. The van der Waals surface area contributed by atoms with Gasteiger partial charge in [0.1, 0.15) is 17.1 Å². The van der Waals surface area contributed by atoms with E-state index in [1.165, 1.54) is 6.07 Å². The molecule has 0 aliphatic rings. The Morgan fingerprint density at radius 2 is 1.90 bits per heavy atom. The first-order valence-corrected chi connectivity index (χ1v) is 7.15. The van der Waals surface area contributed by atoms with Gasteiger partial charge in [-0.1, -0.05) is 30.3 Å². The quantitative estimate of drug-likeness (QED) is 0.709. The number of para-hydroxylation sites is 1. The molecule has 0 aliphatic heterocycles. The first-order valence-electron chi connectivity index (χ1n) is 6.35. The lowest BCUT2D eigenvalue weighted by Gasteiger charge is -2.01. The van der Waals surface area contributed by atoms with Crippen LogP contribution in [0.1, 0.15) is 11.3 Å². The van der Waals surface area contributed by atoms with Crippen LogP contribution < -0.4 is 0 Å². The minimum absolute atomic E-state index is 0.160. The Bertz CT molecular complexity index is 845. The molecule has 21 heavy (non-hydrogen) atoms. The predicted molar refractivity (Wildman–Crippen MR) is 86.4 cm³/mol. The maximum absolute atomic E-state index is 13.2. The van der Waals surface area contributed by atoms with Crippen LogP contribution in [-0.2, 0) is 0 Å². The lowest BCUT2D eigenvalue weighted by atomic mass is 10.1. The van der Waals surface area contributed by atoms with Crippen molar-refractivity contribution in [1.29, 1.82) is 0 Å². The van der Waals surface area contributed by atoms with Gasteiger partial charge in [0.25, 0.3) is 0 Å². The van der Waals surface area contributed by atoms with Gasteiger partial charge >= 0.3 is 0 Å². The van der Waals surface area contributed by atoms with Crippen LogP contribution in [0.5, 0.6) is 5.75 Å².